The van der Waals surface area contributed by atoms with Crippen molar-refractivity contribution < 1.29 is 23.7 Å². The lowest BCUT2D eigenvalue weighted by Gasteiger charge is -2.38. The molecule has 0 saturated carbocycles. The van der Waals surface area contributed by atoms with Crippen molar-refractivity contribution in [2.75, 3.05) is 59.2 Å². The first-order chi connectivity index (χ1) is 16.7. The van der Waals surface area contributed by atoms with Gasteiger partial charge in [0.05, 0.1) is 31.0 Å². The molecule has 0 radical (unpaired) electrons. The minimum absolute atomic E-state index is 0.0342. The number of hydrogen-bond acceptors (Lipinski definition) is 6. The summed E-state index contributed by atoms with van der Waals surface area (Å²) in [6, 6.07) is 17.5. The zero-order valence-electron chi connectivity index (χ0n) is 19.7. The first kappa shape index (κ1) is 23.1. The Bertz CT molecular complexity index is 939. The van der Waals surface area contributed by atoms with Crippen molar-refractivity contribution in [3.05, 3.63) is 60.2 Å². The first-order valence-electron chi connectivity index (χ1n) is 12.4. The number of carbonyl (C=O) groups is 1. The average molecular weight is 467 g/mol. The minimum atomic E-state index is -0.190. The molecule has 0 aromatic heterocycles. The number of carbonyl (C=O) groups excluding carboxylic acids is 1. The molecule has 3 aliphatic rings. The van der Waals surface area contributed by atoms with Crippen LogP contribution in [0.25, 0.3) is 0 Å². The van der Waals surface area contributed by atoms with Crippen molar-refractivity contribution >= 4 is 5.91 Å². The van der Waals surface area contributed by atoms with Crippen LogP contribution < -0.4 is 9.47 Å². The van der Waals surface area contributed by atoms with E-state index in [0.29, 0.717) is 37.6 Å². The van der Waals surface area contributed by atoms with Gasteiger partial charge in [-0.25, -0.2) is 0 Å². The molecule has 5 rings (SSSR count). The van der Waals surface area contributed by atoms with E-state index in [0.717, 1.165) is 57.9 Å². The summed E-state index contributed by atoms with van der Waals surface area (Å²) in [5, 5.41) is 0. The highest BCUT2D eigenvalue weighted by Gasteiger charge is 2.44. The summed E-state index contributed by atoms with van der Waals surface area (Å²) in [5.41, 5.74) is 0.447. The Morgan fingerprint density at radius 1 is 0.971 bits per heavy atom. The molecule has 7 heteroatoms. The smallest absolute Gasteiger partial charge is 0.257 e. The van der Waals surface area contributed by atoms with Crippen molar-refractivity contribution in [3.63, 3.8) is 0 Å². The van der Waals surface area contributed by atoms with Gasteiger partial charge in [-0.1, -0.05) is 30.3 Å². The molecule has 0 aliphatic carbocycles. The first-order valence-corrected chi connectivity index (χ1v) is 12.4. The molecular formula is C27H34N2O5. The van der Waals surface area contributed by atoms with E-state index in [1.807, 2.05) is 59.5 Å². The number of nitrogens with zero attached hydrogens (tertiary/aromatic N) is 2. The Labute approximate surface area is 201 Å². The number of likely N-dealkylation sites (tertiary alicyclic amines) is 1. The van der Waals surface area contributed by atoms with E-state index < -0.39 is 0 Å². The molecular weight excluding hydrogens is 432 g/mol. The number of rotatable bonds is 7. The molecule has 34 heavy (non-hydrogen) atoms. The Morgan fingerprint density at radius 2 is 1.71 bits per heavy atom. The highest BCUT2D eigenvalue weighted by molar-refractivity contribution is 5.97. The van der Waals surface area contributed by atoms with Gasteiger partial charge in [-0.2, -0.15) is 0 Å². The molecule has 7 nitrogen and oxygen atoms in total. The lowest BCUT2D eigenvalue weighted by atomic mass is 9.87. The molecule has 1 spiro atoms. The van der Waals surface area contributed by atoms with E-state index in [9.17, 15) is 4.79 Å². The highest BCUT2D eigenvalue weighted by atomic mass is 16.6. The summed E-state index contributed by atoms with van der Waals surface area (Å²) < 4.78 is 23.8. The van der Waals surface area contributed by atoms with E-state index in [1.54, 1.807) is 0 Å². The molecule has 1 atom stereocenters. The summed E-state index contributed by atoms with van der Waals surface area (Å²) in [6.45, 7) is 6.76. The van der Waals surface area contributed by atoms with E-state index in [1.165, 1.54) is 0 Å². The minimum Gasteiger partial charge on any atom is -0.491 e. The molecule has 0 N–H and O–H groups in total. The zero-order chi connectivity index (χ0) is 23.2. The van der Waals surface area contributed by atoms with Crippen LogP contribution in [0, 0.1) is 0 Å². The third-order valence-corrected chi connectivity index (χ3v) is 7.07. The van der Waals surface area contributed by atoms with Crippen LogP contribution in [-0.4, -0.2) is 86.6 Å². The molecule has 3 fully saturated rings. The fourth-order valence-corrected chi connectivity index (χ4v) is 5.08. The van der Waals surface area contributed by atoms with Gasteiger partial charge in [0.2, 0.25) is 0 Å². The highest BCUT2D eigenvalue weighted by Crippen LogP contribution is 2.38. The zero-order valence-corrected chi connectivity index (χ0v) is 19.7. The average Bonchev–Trinajstić information content (AvgIpc) is 3.27. The van der Waals surface area contributed by atoms with Crippen molar-refractivity contribution in [1.29, 1.82) is 0 Å². The van der Waals surface area contributed by atoms with Crippen LogP contribution in [0.4, 0.5) is 0 Å². The molecule has 3 heterocycles. The topological polar surface area (TPSA) is 60.5 Å². The predicted octanol–water partition coefficient (Wildman–Crippen LogP) is 3.24. The molecule has 182 valence electrons. The van der Waals surface area contributed by atoms with Gasteiger partial charge >= 0.3 is 0 Å². The van der Waals surface area contributed by atoms with Crippen LogP contribution in [0.5, 0.6) is 11.5 Å². The third kappa shape index (κ3) is 5.54. The van der Waals surface area contributed by atoms with Gasteiger partial charge in [-0.3, -0.25) is 9.69 Å². The standard InChI is InChI=1S/C27H34N2O5/c30-26(24-8-4-5-9-25(24)32-19-16-28-14-17-31-18-15-28)29-12-10-27(11-13-29)20-23(21-33-27)34-22-6-2-1-3-7-22/h1-9,23H,10-21H2. The van der Waals surface area contributed by atoms with Gasteiger partial charge in [0.1, 0.15) is 24.2 Å². The van der Waals surface area contributed by atoms with Crippen molar-refractivity contribution in [2.45, 2.75) is 31.0 Å². The number of hydrogen-bond donors (Lipinski definition) is 0. The van der Waals surface area contributed by atoms with Crippen molar-refractivity contribution in [1.82, 2.24) is 9.80 Å². The number of amides is 1. The summed E-state index contributed by atoms with van der Waals surface area (Å²) in [7, 11) is 0. The van der Waals surface area contributed by atoms with Gasteiger partial charge in [0.15, 0.2) is 0 Å². The van der Waals surface area contributed by atoms with Crippen molar-refractivity contribution in [2.24, 2.45) is 0 Å². The van der Waals surface area contributed by atoms with Crippen LogP contribution in [0.2, 0.25) is 0 Å². The second kappa shape index (κ2) is 10.8. The van der Waals surface area contributed by atoms with E-state index in [4.69, 9.17) is 18.9 Å². The summed E-state index contributed by atoms with van der Waals surface area (Å²) in [6.07, 6.45) is 2.58. The lowest BCUT2D eigenvalue weighted by Crippen LogP contribution is -2.46. The largest absolute Gasteiger partial charge is 0.491 e. The van der Waals surface area contributed by atoms with Gasteiger partial charge in [0, 0.05) is 39.1 Å². The van der Waals surface area contributed by atoms with Crippen LogP contribution in [0.15, 0.2) is 54.6 Å². The fraction of sp³-hybridized carbons (Fsp3) is 0.519. The van der Waals surface area contributed by atoms with E-state index in [2.05, 4.69) is 4.90 Å². The van der Waals surface area contributed by atoms with Gasteiger partial charge < -0.3 is 23.8 Å². The second-order valence-corrected chi connectivity index (χ2v) is 9.34. The van der Waals surface area contributed by atoms with E-state index in [-0.39, 0.29) is 17.6 Å². The predicted molar refractivity (Wildman–Crippen MR) is 128 cm³/mol. The second-order valence-electron chi connectivity index (χ2n) is 9.34. The van der Waals surface area contributed by atoms with Gasteiger partial charge in [-0.15, -0.1) is 0 Å². The molecule has 2 aromatic carbocycles. The van der Waals surface area contributed by atoms with Crippen LogP contribution >= 0.6 is 0 Å². The maximum absolute atomic E-state index is 13.3. The third-order valence-electron chi connectivity index (χ3n) is 7.07. The van der Waals surface area contributed by atoms with Crippen LogP contribution in [-0.2, 0) is 9.47 Å². The normalized spacial score (nSPS) is 22.6. The Hall–Kier alpha value is -2.61. The number of benzene rings is 2. The Morgan fingerprint density at radius 3 is 2.50 bits per heavy atom. The molecule has 3 aliphatic heterocycles. The molecule has 1 amide bonds. The summed E-state index contributed by atoms with van der Waals surface area (Å²) >= 11 is 0. The molecule has 1 unspecified atom stereocenters. The number of para-hydroxylation sites is 2. The fourth-order valence-electron chi connectivity index (χ4n) is 5.08. The molecule has 2 aromatic rings. The Kier molecular flexibility index (Phi) is 7.33. The Balaban J connectivity index is 1.13. The number of piperidine rings is 1. The SMILES string of the molecule is O=C(c1ccccc1OCCN1CCOCC1)N1CCC2(CC1)CC(Oc1ccccc1)CO2. The summed E-state index contributed by atoms with van der Waals surface area (Å²) in [5.74, 6) is 1.58. The quantitative estimate of drug-likeness (QED) is 0.625. The maximum Gasteiger partial charge on any atom is 0.257 e. The van der Waals surface area contributed by atoms with E-state index >= 15 is 0 Å². The van der Waals surface area contributed by atoms with Crippen molar-refractivity contribution in [3.8, 4) is 11.5 Å². The van der Waals surface area contributed by atoms with Gasteiger partial charge in [-0.05, 0) is 37.1 Å². The van der Waals surface area contributed by atoms with Crippen LogP contribution in [0.3, 0.4) is 0 Å². The lowest BCUT2D eigenvalue weighted by molar-refractivity contribution is -0.0396. The summed E-state index contributed by atoms with van der Waals surface area (Å²) in [4.78, 5) is 17.6. The monoisotopic (exact) mass is 466 g/mol. The number of ether oxygens (including phenoxy) is 4. The molecule has 3 saturated heterocycles. The number of morpholine rings is 1. The van der Waals surface area contributed by atoms with Gasteiger partial charge in [0.25, 0.3) is 5.91 Å². The molecule has 0 bridgehead atoms. The maximum atomic E-state index is 13.3. The van der Waals surface area contributed by atoms with Crippen LogP contribution in [0.1, 0.15) is 29.6 Å².